The Labute approximate surface area is 103 Å². The van der Waals surface area contributed by atoms with Crippen LogP contribution in [0.5, 0.6) is 5.75 Å². The van der Waals surface area contributed by atoms with E-state index in [0.717, 1.165) is 5.56 Å². The maximum atomic E-state index is 13.4. The molecule has 1 heterocycles. The summed E-state index contributed by atoms with van der Waals surface area (Å²) in [6, 6.07) is 4.70. The fraction of sp³-hybridized carbons (Fsp3) is 0.167. The average Bonchev–Trinajstić information content (AvgIpc) is 2.32. The van der Waals surface area contributed by atoms with Gasteiger partial charge in [-0.1, -0.05) is 17.7 Å². The van der Waals surface area contributed by atoms with Gasteiger partial charge in [-0.15, -0.1) is 0 Å². The molecule has 0 aliphatic heterocycles. The molecule has 0 fully saturated rings. The van der Waals surface area contributed by atoms with Crippen LogP contribution >= 0.6 is 11.6 Å². The van der Waals surface area contributed by atoms with Crippen LogP contribution in [0, 0.1) is 12.7 Å². The number of halogens is 2. The molecular weight excluding hydrogens is 243 g/mol. The van der Waals surface area contributed by atoms with E-state index in [2.05, 4.69) is 9.97 Å². The second-order valence-corrected chi connectivity index (χ2v) is 3.94. The molecule has 2 rings (SSSR count). The second-order valence-electron chi connectivity index (χ2n) is 3.55. The number of hydrogen-bond donors (Lipinski definition) is 0. The number of nitrogens with zero attached hydrogens (tertiary/aromatic N) is 2. The Kier molecular flexibility index (Phi) is 3.54. The van der Waals surface area contributed by atoms with Crippen molar-refractivity contribution in [1.29, 1.82) is 0 Å². The summed E-state index contributed by atoms with van der Waals surface area (Å²) >= 11 is 5.60. The molecule has 2 aromatic rings. The average molecular weight is 253 g/mol. The number of ether oxygens (including phenoxy) is 1. The maximum Gasteiger partial charge on any atom is 0.165 e. The predicted molar refractivity (Wildman–Crippen MR) is 62.5 cm³/mol. The molecule has 0 radical (unpaired) electrons. The largest absolute Gasteiger partial charge is 0.484 e. The van der Waals surface area contributed by atoms with Crippen molar-refractivity contribution >= 4 is 11.6 Å². The van der Waals surface area contributed by atoms with E-state index >= 15 is 0 Å². The molecule has 0 N–H and O–H groups in total. The Bertz CT molecular complexity index is 516. The van der Waals surface area contributed by atoms with E-state index < -0.39 is 5.82 Å². The molecule has 0 spiro atoms. The zero-order valence-electron chi connectivity index (χ0n) is 9.15. The van der Waals surface area contributed by atoms with Gasteiger partial charge in [0.25, 0.3) is 0 Å². The van der Waals surface area contributed by atoms with E-state index in [4.69, 9.17) is 16.3 Å². The third kappa shape index (κ3) is 3.14. The molecule has 0 bridgehead atoms. The summed E-state index contributed by atoms with van der Waals surface area (Å²) in [5, 5.41) is 0.315. The van der Waals surface area contributed by atoms with Crippen molar-refractivity contribution in [3.63, 3.8) is 0 Å². The van der Waals surface area contributed by atoms with Crippen molar-refractivity contribution in [3.05, 3.63) is 52.8 Å². The zero-order chi connectivity index (χ0) is 12.3. The Balaban J connectivity index is 2.07. The second kappa shape index (κ2) is 5.10. The van der Waals surface area contributed by atoms with Crippen LogP contribution in [0.1, 0.15) is 11.3 Å². The highest BCUT2D eigenvalue weighted by Gasteiger charge is 2.04. The van der Waals surface area contributed by atoms with E-state index in [1.807, 2.05) is 6.92 Å². The molecule has 3 nitrogen and oxygen atoms in total. The highest BCUT2D eigenvalue weighted by atomic mass is 35.5. The van der Waals surface area contributed by atoms with Gasteiger partial charge in [0.2, 0.25) is 0 Å². The predicted octanol–water partition coefficient (Wildman–Crippen LogP) is 3.16. The van der Waals surface area contributed by atoms with E-state index in [-0.39, 0.29) is 12.4 Å². The monoisotopic (exact) mass is 252 g/mol. The lowest BCUT2D eigenvalue weighted by molar-refractivity contribution is 0.285. The summed E-state index contributed by atoms with van der Waals surface area (Å²) < 4.78 is 18.7. The Morgan fingerprint density at radius 2 is 2.12 bits per heavy atom. The van der Waals surface area contributed by atoms with Crippen LogP contribution in [0.3, 0.4) is 0 Å². The van der Waals surface area contributed by atoms with Crippen molar-refractivity contribution in [2.75, 3.05) is 0 Å². The SMILES string of the molecule is Cc1ccc(F)c(OCc2cnc(Cl)cn2)c1. The minimum absolute atomic E-state index is 0.157. The minimum Gasteiger partial charge on any atom is -0.484 e. The van der Waals surface area contributed by atoms with Crippen molar-refractivity contribution < 1.29 is 9.13 Å². The number of aryl methyl sites for hydroxylation is 1. The highest BCUT2D eigenvalue weighted by molar-refractivity contribution is 6.29. The molecule has 0 saturated carbocycles. The van der Waals surface area contributed by atoms with Crippen LogP contribution < -0.4 is 4.74 Å². The van der Waals surface area contributed by atoms with Crippen LogP contribution in [-0.4, -0.2) is 9.97 Å². The number of aromatic nitrogens is 2. The highest BCUT2D eigenvalue weighted by Crippen LogP contribution is 2.19. The standard InChI is InChI=1S/C12H10ClFN2O/c1-8-2-3-10(14)11(4-8)17-7-9-5-16-12(13)6-15-9/h2-6H,7H2,1H3. The lowest BCUT2D eigenvalue weighted by atomic mass is 10.2. The molecule has 1 aromatic heterocycles. The number of benzene rings is 1. The summed E-state index contributed by atoms with van der Waals surface area (Å²) in [4.78, 5) is 7.86. The molecule has 0 aliphatic rings. The summed E-state index contributed by atoms with van der Waals surface area (Å²) in [5.41, 5.74) is 1.53. The van der Waals surface area contributed by atoms with Gasteiger partial charge in [0, 0.05) is 0 Å². The maximum absolute atomic E-state index is 13.4. The van der Waals surface area contributed by atoms with Crippen molar-refractivity contribution in [2.24, 2.45) is 0 Å². The van der Waals surface area contributed by atoms with E-state index in [9.17, 15) is 4.39 Å². The van der Waals surface area contributed by atoms with Gasteiger partial charge in [-0.2, -0.15) is 0 Å². The quantitative estimate of drug-likeness (QED) is 0.842. The summed E-state index contributed by atoms with van der Waals surface area (Å²) in [6.07, 6.45) is 2.92. The van der Waals surface area contributed by atoms with Crippen molar-refractivity contribution in [3.8, 4) is 5.75 Å². The van der Waals surface area contributed by atoms with E-state index in [0.29, 0.717) is 10.8 Å². The topological polar surface area (TPSA) is 35.0 Å². The number of hydrogen-bond acceptors (Lipinski definition) is 3. The molecule has 88 valence electrons. The smallest absolute Gasteiger partial charge is 0.165 e. The molecule has 5 heteroatoms. The molecular formula is C12H10ClFN2O. The Morgan fingerprint density at radius 3 is 2.82 bits per heavy atom. The molecule has 0 aliphatic carbocycles. The zero-order valence-corrected chi connectivity index (χ0v) is 9.91. The molecule has 1 aromatic carbocycles. The van der Waals surface area contributed by atoms with Crippen LogP contribution in [0.15, 0.2) is 30.6 Å². The lowest BCUT2D eigenvalue weighted by Gasteiger charge is -2.07. The van der Waals surface area contributed by atoms with Crippen LogP contribution in [0.25, 0.3) is 0 Å². The first kappa shape index (κ1) is 11.8. The van der Waals surface area contributed by atoms with Gasteiger partial charge in [0.1, 0.15) is 11.8 Å². The summed E-state index contributed by atoms with van der Waals surface area (Å²) in [5.74, 6) is -0.181. The molecule has 17 heavy (non-hydrogen) atoms. The van der Waals surface area contributed by atoms with Crippen molar-refractivity contribution in [2.45, 2.75) is 13.5 Å². The van der Waals surface area contributed by atoms with Gasteiger partial charge in [-0.25, -0.2) is 9.37 Å². The van der Waals surface area contributed by atoms with Gasteiger partial charge in [0.05, 0.1) is 18.1 Å². The molecule has 0 saturated heterocycles. The number of rotatable bonds is 3. The normalized spacial score (nSPS) is 10.3. The van der Waals surface area contributed by atoms with Crippen LogP contribution in [0.4, 0.5) is 4.39 Å². The first-order valence-corrected chi connectivity index (χ1v) is 5.38. The minimum atomic E-state index is -0.391. The van der Waals surface area contributed by atoms with Gasteiger partial charge in [0.15, 0.2) is 11.6 Å². The van der Waals surface area contributed by atoms with E-state index in [1.54, 1.807) is 12.1 Å². The molecule has 0 amide bonds. The summed E-state index contributed by atoms with van der Waals surface area (Å²) in [6.45, 7) is 2.03. The van der Waals surface area contributed by atoms with Gasteiger partial charge >= 0.3 is 0 Å². The molecule has 0 unspecified atom stereocenters. The van der Waals surface area contributed by atoms with Gasteiger partial charge < -0.3 is 4.74 Å². The Morgan fingerprint density at radius 1 is 1.29 bits per heavy atom. The van der Waals surface area contributed by atoms with E-state index in [1.165, 1.54) is 18.5 Å². The third-order valence-corrected chi connectivity index (χ3v) is 2.33. The fourth-order valence-corrected chi connectivity index (χ4v) is 1.38. The van der Waals surface area contributed by atoms with Crippen molar-refractivity contribution in [1.82, 2.24) is 9.97 Å². The molecule has 0 atom stereocenters. The van der Waals surface area contributed by atoms with Gasteiger partial charge in [-0.3, -0.25) is 4.98 Å². The van der Waals surface area contributed by atoms with Gasteiger partial charge in [-0.05, 0) is 24.6 Å². The first-order valence-electron chi connectivity index (χ1n) is 5.00. The Hall–Kier alpha value is -1.68. The first-order chi connectivity index (χ1) is 8.15. The van der Waals surface area contributed by atoms with Crippen LogP contribution in [0.2, 0.25) is 5.15 Å². The lowest BCUT2D eigenvalue weighted by Crippen LogP contribution is -2.00. The summed E-state index contributed by atoms with van der Waals surface area (Å²) in [7, 11) is 0. The third-order valence-electron chi connectivity index (χ3n) is 2.14. The fourth-order valence-electron chi connectivity index (χ4n) is 1.29. The van der Waals surface area contributed by atoms with Crippen LogP contribution in [-0.2, 0) is 6.61 Å².